The Balaban J connectivity index is 1.76. The lowest BCUT2D eigenvalue weighted by Gasteiger charge is -2.29. The molecule has 2 aromatic carbocycles. The lowest BCUT2D eigenvalue weighted by Crippen LogP contribution is -2.15. The number of aryl methyl sites for hydroxylation is 1. The van der Waals surface area contributed by atoms with E-state index in [0.717, 1.165) is 48.3 Å². The first kappa shape index (κ1) is 23.1. The third-order valence-electron chi connectivity index (χ3n) is 7.02. The van der Waals surface area contributed by atoms with Crippen LogP contribution < -0.4 is 0 Å². The van der Waals surface area contributed by atoms with Crippen LogP contribution in [0.25, 0.3) is 11.1 Å². The number of unbranched alkanes of at least 4 members (excludes halogenated alkanes) is 3. The summed E-state index contributed by atoms with van der Waals surface area (Å²) in [5.74, 6) is 1.25. The fourth-order valence-corrected chi connectivity index (χ4v) is 5.20. The molecule has 0 saturated heterocycles. The van der Waals surface area contributed by atoms with Crippen LogP contribution >= 0.6 is 0 Å². The third-order valence-corrected chi connectivity index (χ3v) is 7.02. The van der Waals surface area contributed by atoms with Crippen LogP contribution in [0.5, 0.6) is 0 Å². The monoisotopic (exact) mass is 412 g/mol. The van der Waals surface area contributed by atoms with Crippen molar-refractivity contribution >= 4 is 0 Å². The van der Waals surface area contributed by atoms with Crippen LogP contribution in [0.3, 0.4) is 0 Å². The van der Waals surface area contributed by atoms with Gasteiger partial charge in [0.05, 0.1) is 11.1 Å². The molecule has 31 heavy (non-hydrogen) atoms. The molecule has 0 atom stereocenters. The molecule has 0 aromatic heterocycles. The summed E-state index contributed by atoms with van der Waals surface area (Å²) in [6.45, 7) is 4.44. The summed E-state index contributed by atoms with van der Waals surface area (Å²) in [7, 11) is 0. The van der Waals surface area contributed by atoms with Crippen molar-refractivity contribution in [1.29, 1.82) is 10.5 Å². The smallest absolute Gasteiger partial charge is 0.101 e. The Morgan fingerprint density at radius 3 is 2.10 bits per heavy atom. The summed E-state index contributed by atoms with van der Waals surface area (Å²) in [4.78, 5) is 0. The first-order chi connectivity index (χ1) is 15.2. The number of rotatable bonds is 9. The van der Waals surface area contributed by atoms with Crippen molar-refractivity contribution in [1.82, 2.24) is 0 Å². The van der Waals surface area contributed by atoms with Crippen molar-refractivity contribution in [2.24, 2.45) is 5.92 Å². The number of benzene rings is 2. The third kappa shape index (κ3) is 5.77. The Bertz CT molecular complexity index is 919. The summed E-state index contributed by atoms with van der Waals surface area (Å²) in [6.07, 6.45) is 13.7. The maximum absolute atomic E-state index is 9.96. The number of hydrogen-bond acceptors (Lipinski definition) is 2. The maximum atomic E-state index is 9.96. The second-order valence-electron chi connectivity index (χ2n) is 9.19. The van der Waals surface area contributed by atoms with Crippen molar-refractivity contribution in [2.75, 3.05) is 0 Å². The van der Waals surface area contributed by atoms with Gasteiger partial charge in [0.2, 0.25) is 0 Å². The van der Waals surface area contributed by atoms with Gasteiger partial charge in [0.15, 0.2) is 0 Å². The highest BCUT2D eigenvalue weighted by atomic mass is 14.3. The zero-order valence-corrected chi connectivity index (χ0v) is 19.3. The van der Waals surface area contributed by atoms with Crippen LogP contribution in [0.4, 0.5) is 0 Å². The molecule has 2 heteroatoms. The Morgan fingerprint density at radius 2 is 1.48 bits per heavy atom. The molecule has 0 bridgehead atoms. The molecule has 0 aliphatic heterocycles. The highest BCUT2D eigenvalue weighted by Gasteiger charge is 2.26. The molecular formula is C29H36N2. The van der Waals surface area contributed by atoms with E-state index in [0.29, 0.717) is 17.0 Å². The van der Waals surface area contributed by atoms with Crippen molar-refractivity contribution < 1.29 is 0 Å². The molecule has 1 saturated carbocycles. The fourth-order valence-electron chi connectivity index (χ4n) is 5.20. The largest absolute Gasteiger partial charge is 0.192 e. The molecular weight excluding hydrogens is 376 g/mol. The van der Waals surface area contributed by atoms with Crippen LogP contribution in [-0.4, -0.2) is 0 Å². The fraction of sp³-hybridized carbons (Fsp3) is 0.517. The predicted molar refractivity (Wildman–Crippen MR) is 129 cm³/mol. The molecule has 1 fully saturated rings. The summed E-state index contributed by atoms with van der Waals surface area (Å²) in [6, 6.07) is 17.4. The van der Waals surface area contributed by atoms with Gasteiger partial charge in [-0.25, -0.2) is 0 Å². The molecule has 1 aliphatic carbocycles. The first-order valence-electron chi connectivity index (χ1n) is 12.3. The molecule has 0 radical (unpaired) electrons. The Morgan fingerprint density at radius 1 is 0.774 bits per heavy atom. The van der Waals surface area contributed by atoms with Gasteiger partial charge in [-0.1, -0.05) is 88.8 Å². The lowest BCUT2D eigenvalue weighted by molar-refractivity contribution is 0.302. The molecule has 2 aromatic rings. The molecule has 0 N–H and O–H groups in total. The van der Waals surface area contributed by atoms with Crippen LogP contribution in [0.15, 0.2) is 36.4 Å². The first-order valence-corrected chi connectivity index (χ1v) is 12.3. The topological polar surface area (TPSA) is 47.6 Å². The van der Waals surface area contributed by atoms with E-state index in [1.807, 2.05) is 0 Å². The molecule has 3 rings (SSSR count). The highest BCUT2D eigenvalue weighted by molar-refractivity contribution is 5.75. The molecule has 162 valence electrons. The van der Waals surface area contributed by atoms with E-state index in [1.165, 1.54) is 50.5 Å². The van der Waals surface area contributed by atoms with Crippen molar-refractivity contribution in [3.05, 3.63) is 58.7 Å². The summed E-state index contributed by atoms with van der Waals surface area (Å²) < 4.78 is 0. The van der Waals surface area contributed by atoms with E-state index in [2.05, 4.69) is 62.4 Å². The van der Waals surface area contributed by atoms with Crippen LogP contribution in [0.1, 0.15) is 106 Å². The van der Waals surface area contributed by atoms with E-state index in [4.69, 9.17) is 0 Å². The van der Waals surface area contributed by atoms with Gasteiger partial charge in [-0.2, -0.15) is 10.5 Å². The minimum absolute atomic E-state index is 0.412. The SMILES string of the molecule is CCCCCC[C@H]1CC[C@H](c2ccc(-c3ccc(CCC)cc3)c(C#N)c2C#N)CC1. The molecule has 0 amide bonds. The number of hydrogen-bond donors (Lipinski definition) is 0. The minimum Gasteiger partial charge on any atom is -0.192 e. The van der Waals surface area contributed by atoms with Crippen LogP contribution in [-0.2, 0) is 6.42 Å². The molecule has 1 aliphatic rings. The van der Waals surface area contributed by atoms with Gasteiger partial charge in [-0.05, 0) is 60.6 Å². The Kier molecular flexibility index (Phi) is 8.73. The lowest BCUT2D eigenvalue weighted by atomic mass is 9.75. The quantitative estimate of drug-likeness (QED) is 0.389. The van der Waals surface area contributed by atoms with Crippen molar-refractivity contribution in [2.45, 2.75) is 90.4 Å². The predicted octanol–water partition coefficient (Wildman–Crippen LogP) is 8.29. The second kappa shape index (κ2) is 11.7. The number of nitrogens with zero attached hydrogens (tertiary/aromatic N) is 2. The van der Waals surface area contributed by atoms with Gasteiger partial charge < -0.3 is 0 Å². The van der Waals surface area contributed by atoms with E-state index in [1.54, 1.807) is 0 Å². The van der Waals surface area contributed by atoms with Crippen molar-refractivity contribution in [3.8, 4) is 23.3 Å². The van der Waals surface area contributed by atoms with Gasteiger partial charge >= 0.3 is 0 Å². The van der Waals surface area contributed by atoms with Gasteiger partial charge in [-0.3, -0.25) is 0 Å². The van der Waals surface area contributed by atoms with Crippen LogP contribution in [0, 0.1) is 28.6 Å². The molecule has 0 spiro atoms. The summed E-state index contributed by atoms with van der Waals surface area (Å²) in [5.41, 5.74) is 5.46. The molecule has 0 unspecified atom stereocenters. The zero-order chi connectivity index (χ0) is 22.1. The average molecular weight is 413 g/mol. The van der Waals surface area contributed by atoms with Gasteiger partial charge in [0, 0.05) is 5.56 Å². The average Bonchev–Trinajstić information content (AvgIpc) is 2.82. The van der Waals surface area contributed by atoms with E-state index < -0.39 is 0 Å². The van der Waals surface area contributed by atoms with Crippen LogP contribution in [0.2, 0.25) is 0 Å². The molecule has 2 nitrogen and oxygen atoms in total. The van der Waals surface area contributed by atoms with E-state index in [9.17, 15) is 10.5 Å². The van der Waals surface area contributed by atoms with E-state index >= 15 is 0 Å². The maximum Gasteiger partial charge on any atom is 0.101 e. The van der Waals surface area contributed by atoms with Gasteiger partial charge in [0.1, 0.15) is 12.1 Å². The highest BCUT2D eigenvalue weighted by Crippen LogP contribution is 2.41. The minimum atomic E-state index is 0.412. The van der Waals surface area contributed by atoms with Gasteiger partial charge in [0.25, 0.3) is 0 Å². The second-order valence-corrected chi connectivity index (χ2v) is 9.19. The Hall–Kier alpha value is -2.58. The van der Waals surface area contributed by atoms with Gasteiger partial charge in [-0.15, -0.1) is 0 Å². The Labute approximate surface area is 188 Å². The van der Waals surface area contributed by atoms with E-state index in [-0.39, 0.29) is 0 Å². The molecule has 0 heterocycles. The summed E-state index contributed by atoms with van der Waals surface area (Å²) in [5, 5.41) is 19.9. The zero-order valence-electron chi connectivity index (χ0n) is 19.3. The normalized spacial score (nSPS) is 18.3. The van der Waals surface area contributed by atoms with Crippen molar-refractivity contribution in [3.63, 3.8) is 0 Å². The standard InChI is InChI=1S/C29H36N2/c1-3-5-6-7-9-23-12-16-25(17-13-23)27-19-18-26(28(20-30)29(27)21-31)24-14-10-22(8-4-2)11-15-24/h10-11,14-15,18-19,23,25H,3-9,12-13,16-17H2,1-2H3/t23-,25-. The number of nitriles is 2. The summed E-state index contributed by atoms with van der Waals surface area (Å²) >= 11 is 0.